The highest BCUT2D eigenvalue weighted by molar-refractivity contribution is 7.00. The van der Waals surface area contributed by atoms with E-state index in [-0.39, 0.29) is 6.71 Å². The standard InChI is InChI=1S/C43H25BN4/c45-26-27-21-23-29(24-22-27)46-37-18-9-6-15-33(37)44-34-25-32-30-13-4-7-16-35(30)47(28-11-2-1-3-12-28)42(32)40-31-14-5-8-17-36(31)48(43(34)40)39-20-10-19-38(46)41(39)44/h1-25H. The molecule has 0 aliphatic carbocycles. The van der Waals surface area contributed by atoms with Crippen LogP contribution in [0.2, 0.25) is 0 Å². The van der Waals surface area contributed by atoms with Gasteiger partial charge in [0.25, 0.3) is 6.71 Å². The molecule has 0 saturated carbocycles. The Labute approximate surface area is 277 Å². The molecular formula is C43H25BN4. The van der Waals surface area contributed by atoms with E-state index in [0.717, 1.165) is 11.4 Å². The van der Waals surface area contributed by atoms with Crippen LogP contribution in [-0.2, 0) is 0 Å². The highest BCUT2D eigenvalue weighted by Gasteiger charge is 2.42. The van der Waals surface area contributed by atoms with E-state index < -0.39 is 0 Å². The molecule has 0 fully saturated rings. The highest BCUT2D eigenvalue weighted by Crippen LogP contribution is 2.45. The molecule has 48 heavy (non-hydrogen) atoms. The Morgan fingerprint density at radius 1 is 0.479 bits per heavy atom. The average molecular weight is 609 g/mol. The van der Waals surface area contributed by atoms with Crippen molar-refractivity contribution in [3.05, 3.63) is 157 Å². The van der Waals surface area contributed by atoms with Crippen LogP contribution in [0.25, 0.3) is 55.0 Å². The molecule has 2 aromatic heterocycles. The van der Waals surface area contributed by atoms with Crippen LogP contribution in [0.1, 0.15) is 5.56 Å². The maximum Gasteiger partial charge on any atom is 0.252 e. The first-order valence-electron chi connectivity index (χ1n) is 16.4. The maximum absolute atomic E-state index is 9.54. The molecule has 0 N–H and O–H groups in total. The number of para-hydroxylation sites is 4. The Hall–Kier alpha value is -6.51. The number of nitrogens with zero attached hydrogens (tertiary/aromatic N) is 4. The van der Waals surface area contributed by atoms with E-state index in [9.17, 15) is 5.26 Å². The van der Waals surface area contributed by atoms with Gasteiger partial charge in [0.1, 0.15) is 0 Å². The number of hydrogen-bond donors (Lipinski definition) is 0. The molecule has 7 aromatic carbocycles. The maximum atomic E-state index is 9.54. The third-order valence-electron chi connectivity index (χ3n) is 10.5. The summed E-state index contributed by atoms with van der Waals surface area (Å²) in [5.41, 5.74) is 15.3. The number of benzene rings is 7. The molecule has 4 heterocycles. The van der Waals surface area contributed by atoms with Gasteiger partial charge in [0, 0.05) is 50.0 Å². The van der Waals surface area contributed by atoms with Crippen LogP contribution < -0.4 is 21.3 Å². The number of hydrogen-bond acceptors (Lipinski definition) is 2. The van der Waals surface area contributed by atoms with Gasteiger partial charge in [0.05, 0.1) is 33.7 Å². The number of aromatic nitrogens is 2. The van der Waals surface area contributed by atoms with Crippen LogP contribution >= 0.6 is 0 Å². The minimum atomic E-state index is 0.0459. The topological polar surface area (TPSA) is 36.9 Å². The van der Waals surface area contributed by atoms with E-state index in [1.54, 1.807) is 0 Å². The summed E-state index contributed by atoms with van der Waals surface area (Å²) in [6, 6.07) is 56.9. The first kappa shape index (κ1) is 25.7. The van der Waals surface area contributed by atoms with Crippen molar-refractivity contribution in [1.82, 2.24) is 9.13 Å². The fraction of sp³-hybridized carbons (Fsp3) is 0. The lowest BCUT2D eigenvalue weighted by Crippen LogP contribution is -2.60. The summed E-state index contributed by atoms with van der Waals surface area (Å²) in [6.45, 7) is 0.0459. The molecule has 2 aliphatic rings. The first-order chi connectivity index (χ1) is 23.8. The van der Waals surface area contributed by atoms with Crippen molar-refractivity contribution in [2.24, 2.45) is 0 Å². The lowest BCUT2D eigenvalue weighted by atomic mass is 9.33. The highest BCUT2D eigenvalue weighted by atomic mass is 15.2. The summed E-state index contributed by atoms with van der Waals surface area (Å²) in [5, 5.41) is 14.6. The van der Waals surface area contributed by atoms with Gasteiger partial charge in [-0.2, -0.15) is 5.26 Å². The fourth-order valence-corrected chi connectivity index (χ4v) is 8.68. The van der Waals surface area contributed by atoms with Crippen molar-refractivity contribution in [1.29, 1.82) is 5.26 Å². The Bertz CT molecular complexity index is 2860. The normalized spacial score (nSPS) is 12.9. The van der Waals surface area contributed by atoms with Gasteiger partial charge in [-0.25, -0.2) is 0 Å². The summed E-state index contributed by atoms with van der Waals surface area (Å²) in [6.07, 6.45) is 0. The average Bonchev–Trinajstić information content (AvgIpc) is 3.67. The quantitative estimate of drug-likeness (QED) is 0.185. The van der Waals surface area contributed by atoms with Gasteiger partial charge in [-0.1, -0.05) is 84.9 Å². The molecule has 4 nitrogen and oxygen atoms in total. The van der Waals surface area contributed by atoms with Crippen molar-refractivity contribution in [3.63, 3.8) is 0 Å². The van der Waals surface area contributed by atoms with Gasteiger partial charge < -0.3 is 14.0 Å². The second kappa shape index (κ2) is 9.28. The van der Waals surface area contributed by atoms with Crippen LogP contribution in [0, 0.1) is 11.3 Å². The molecule has 0 atom stereocenters. The van der Waals surface area contributed by atoms with Crippen molar-refractivity contribution in [2.45, 2.75) is 0 Å². The Morgan fingerprint density at radius 3 is 1.96 bits per heavy atom. The van der Waals surface area contributed by atoms with Crippen LogP contribution in [0.4, 0.5) is 17.1 Å². The predicted molar refractivity (Wildman–Crippen MR) is 199 cm³/mol. The van der Waals surface area contributed by atoms with E-state index in [4.69, 9.17) is 0 Å². The predicted octanol–water partition coefficient (Wildman–Crippen LogP) is 8.37. The Balaban J connectivity index is 1.34. The summed E-state index contributed by atoms with van der Waals surface area (Å²) in [4.78, 5) is 2.37. The van der Waals surface area contributed by atoms with Crippen molar-refractivity contribution in [2.75, 3.05) is 4.90 Å². The summed E-state index contributed by atoms with van der Waals surface area (Å²) in [5.74, 6) is 0. The van der Waals surface area contributed by atoms with Gasteiger partial charge in [-0.05, 0) is 83.1 Å². The van der Waals surface area contributed by atoms with Crippen LogP contribution in [0.15, 0.2) is 152 Å². The third kappa shape index (κ3) is 3.14. The lowest BCUT2D eigenvalue weighted by molar-refractivity contribution is 1.17. The summed E-state index contributed by atoms with van der Waals surface area (Å²) in [7, 11) is 0. The molecule has 5 heteroatoms. The van der Waals surface area contributed by atoms with Crippen LogP contribution in [-0.4, -0.2) is 15.8 Å². The molecule has 0 unspecified atom stereocenters. The van der Waals surface area contributed by atoms with Gasteiger partial charge in [-0.15, -0.1) is 0 Å². The third-order valence-corrected chi connectivity index (χ3v) is 10.5. The molecular weight excluding hydrogens is 583 g/mol. The van der Waals surface area contributed by atoms with Crippen molar-refractivity contribution >= 4 is 83.8 Å². The molecule has 0 bridgehead atoms. The van der Waals surface area contributed by atoms with Gasteiger partial charge in [-0.3, -0.25) is 0 Å². The van der Waals surface area contributed by atoms with Crippen LogP contribution in [0.3, 0.4) is 0 Å². The number of rotatable bonds is 2. The lowest BCUT2D eigenvalue weighted by Gasteiger charge is -2.40. The van der Waals surface area contributed by atoms with E-state index in [1.165, 1.54) is 77.1 Å². The molecule has 0 saturated heterocycles. The zero-order valence-electron chi connectivity index (χ0n) is 25.8. The molecule has 220 valence electrons. The first-order valence-corrected chi connectivity index (χ1v) is 16.4. The van der Waals surface area contributed by atoms with Gasteiger partial charge in [0.2, 0.25) is 0 Å². The molecule has 2 aliphatic heterocycles. The molecule has 0 amide bonds. The minimum Gasteiger partial charge on any atom is -0.311 e. The number of anilines is 3. The van der Waals surface area contributed by atoms with E-state index >= 15 is 0 Å². The zero-order valence-corrected chi connectivity index (χ0v) is 25.8. The summed E-state index contributed by atoms with van der Waals surface area (Å²) >= 11 is 0. The number of fused-ring (bicyclic) bond motifs is 11. The smallest absolute Gasteiger partial charge is 0.252 e. The van der Waals surface area contributed by atoms with E-state index in [2.05, 4.69) is 160 Å². The minimum absolute atomic E-state index is 0.0459. The monoisotopic (exact) mass is 608 g/mol. The molecule has 0 radical (unpaired) electrons. The number of nitriles is 1. The van der Waals surface area contributed by atoms with E-state index in [0.29, 0.717) is 5.56 Å². The molecule has 0 spiro atoms. The van der Waals surface area contributed by atoms with E-state index in [1.807, 2.05) is 12.1 Å². The SMILES string of the molecule is N#Cc1ccc(N2c3ccccc3B3c4c2cccc4-n2c4ccccc4c4c2c3cc2c3ccccc3n(-c3ccccc3)c24)cc1. The largest absolute Gasteiger partial charge is 0.311 e. The molecule has 11 rings (SSSR count). The van der Waals surface area contributed by atoms with Gasteiger partial charge in [0.15, 0.2) is 0 Å². The second-order valence-corrected chi connectivity index (χ2v) is 12.8. The molecule has 9 aromatic rings. The zero-order chi connectivity index (χ0) is 31.5. The second-order valence-electron chi connectivity index (χ2n) is 12.8. The Morgan fingerprint density at radius 2 is 1.15 bits per heavy atom. The van der Waals surface area contributed by atoms with Crippen molar-refractivity contribution in [3.8, 4) is 17.4 Å². The van der Waals surface area contributed by atoms with Crippen LogP contribution in [0.5, 0.6) is 0 Å². The van der Waals surface area contributed by atoms with Crippen molar-refractivity contribution < 1.29 is 0 Å². The Kier molecular flexibility index (Phi) is 4.96. The van der Waals surface area contributed by atoms with Gasteiger partial charge >= 0.3 is 0 Å². The fourth-order valence-electron chi connectivity index (χ4n) is 8.68. The summed E-state index contributed by atoms with van der Waals surface area (Å²) < 4.78 is 4.99.